The van der Waals surface area contributed by atoms with E-state index in [1.165, 1.54) is 0 Å². The van der Waals surface area contributed by atoms with Crippen LogP contribution in [-0.2, 0) is 14.2 Å². The van der Waals surface area contributed by atoms with Crippen LogP contribution in [0, 0.1) is 0 Å². The lowest BCUT2D eigenvalue weighted by molar-refractivity contribution is -0.183. The van der Waals surface area contributed by atoms with Crippen molar-refractivity contribution in [2.75, 3.05) is 19.8 Å². The topological polar surface area (TPSA) is 65.0 Å². The van der Waals surface area contributed by atoms with Crippen LogP contribution in [0.5, 0.6) is 0 Å². The van der Waals surface area contributed by atoms with E-state index in [-0.39, 0.29) is 6.61 Å². The Morgan fingerprint density at radius 1 is 1.08 bits per heavy atom. The fraction of sp³-hybridized carbons (Fsp3) is 0.316. The van der Waals surface area contributed by atoms with Crippen LogP contribution >= 0.6 is 0 Å². The van der Waals surface area contributed by atoms with Gasteiger partial charge in [0.2, 0.25) is 0 Å². The molecule has 0 radical (unpaired) electrons. The minimum absolute atomic E-state index is 0.128. The average molecular weight is 328 g/mol. The second-order valence-corrected chi connectivity index (χ2v) is 5.54. The quantitative estimate of drug-likeness (QED) is 0.855. The maximum absolute atomic E-state index is 12.0. The van der Waals surface area contributed by atoms with E-state index in [2.05, 4.69) is 0 Å². The molecule has 2 aromatic carbocycles. The van der Waals surface area contributed by atoms with E-state index in [4.69, 9.17) is 14.2 Å². The highest BCUT2D eigenvalue weighted by molar-refractivity contribution is 5.89. The Labute approximate surface area is 140 Å². The Hall–Kier alpha value is -2.21. The number of rotatable bonds is 5. The fourth-order valence-electron chi connectivity index (χ4n) is 2.60. The van der Waals surface area contributed by atoms with Gasteiger partial charge in [-0.15, -0.1) is 0 Å². The van der Waals surface area contributed by atoms with Gasteiger partial charge in [-0.1, -0.05) is 42.5 Å². The molecule has 1 atom stereocenters. The summed E-state index contributed by atoms with van der Waals surface area (Å²) < 4.78 is 16.4. The monoisotopic (exact) mass is 328 g/mol. The third kappa shape index (κ3) is 4.00. The van der Waals surface area contributed by atoms with Crippen LogP contribution < -0.4 is 0 Å². The van der Waals surface area contributed by atoms with Crippen LogP contribution in [0.1, 0.15) is 40.3 Å². The summed E-state index contributed by atoms with van der Waals surface area (Å²) in [5, 5.41) is 10.4. The highest BCUT2D eigenvalue weighted by Gasteiger charge is 2.23. The van der Waals surface area contributed by atoms with Crippen molar-refractivity contribution in [3.63, 3.8) is 0 Å². The second-order valence-electron chi connectivity index (χ2n) is 5.54. The standard InChI is InChI=1S/C19H20O5/c20-17(13-24-18(21)14-7-2-1-3-8-14)15-9-4-5-10-16(15)19-22-11-6-12-23-19/h1-5,7-10,17,19-20H,6,11-13H2/t17-/m0/s1. The van der Waals surface area contributed by atoms with Gasteiger partial charge in [-0.05, 0) is 24.1 Å². The third-order valence-corrected chi connectivity index (χ3v) is 3.82. The maximum Gasteiger partial charge on any atom is 0.338 e. The van der Waals surface area contributed by atoms with Gasteiger partial charge in [-0.25, -0.2) is 4.79 Å². The predicted molar refractivity (Wildman–Crippen MR) is 87.4 cm³/mol. The first-order valence-corrected chi connectivity index (χ1v) is 7.98. The van der Waals surface area contributed by atoms with E-state index in [1.54, 1.807) is 30.3 Å². The molecule has 24 heavy (non-hydrogen) atoms. The van der Waals surface area contributed by atoms with Gasteiger partial charge in [0, 0.05) is 5.56 Å². The number of aliphatic hydroxyl groups is 1. The zero-order valence-corrected chi connectivity index (χ0v) is 13.3. The molecule has 1 aliphatic rings. The Balaban J connectivity index is 1.66. The van der Waals surface area contributed by atoms with Gasteiger partial charge in [0.25, 0.3) is 0 Å². The Bertz CT molecular complexity index is 664. The van der Waals surface area contributed by atoms with Crippen LogP contribution in [-0.4, -0.2) is 30.9 Å². The molecule has 0 unspecified atom stereocenters. The average Bonchev–Trinajstić information content (AvgIpc) is 2.67. The normalized spacial score (nSPS) is 16.5. The van der Waals surface area contributed by atoms with E-state index in [0.717, 1.165) is 12.0 Å². The molecule has 0 bridgehead atoms. The van der Waals surface area contributed by atoms with Crippen molar-refractivity contribution in [3.05, 3.63) is 71.3 Å². The van der Waals surface area contributed by atoms with Crippen LogP contribution in [0.2, 0.25) is 0 Å². The summed E-state index contributed by atoms with van der Waals surface area (Å²) >= 11 is 0. The van der Waals surface area contributed by atoms with Crippen LogP contribution in [0.3, 0.4) is 0 Å². The summed E-state index contributed by atoms with van der Waals surface area (Å²) in [6.07, 6.45) is -0.576. The molecule has 1 heterocycles. The Morgan fingerprint density at radius 2 is 1.75 bits per heavy atom. The van der Waals surface area contributed by atoms with Gasteiger partial charge in [0.05, 0.1) is 18.8 Å². The largest absolute Gasteiger partial charge is 0.459 e. The van der Waals surface area contributed by atoms with E-state index < -0.39 is 18.4 Å². The number of benzene rings is 2. The highest BCUT2D eigenvalue weighted by Crippen LogP contribution is 2.29. The van der Waals surface area contributed by atoms with Gasteiger partial charge in [-0.3, -0.25) is 0 Å². The van der Waals surface area contributed by atoms with E-state index in [9.17, 15) is 9.90 Å². The predicted octanol–water partition coefficient (Wildman–Crippen LogP) is 3.01. The molecule has 1 fully saturated rings. The molecule has 5 nitrogen and oxygen atoms in total. The minimum Gasteiger partial charge on any atom is -0.459 e. The molecule has 1 aliphatic heterocycles. The molecule has 1 N–H and O–H groups in total. The van der Waals surface area contributed by atoms with Gasteiger partial charge in [0.15, 0.2) is 6.29 Å². The summed E-state index contributed by atoms with van der Waals surface area (Å²) in [6, 6.07) is 16.0. The molecular formula is C19H20O5. The summed E-state index contributed by atoms with van der Waals surface area (Å²) in [4.78, 5) is 12.0. The number of aliphatic hydroxyl groups excluding tert-OH is 1. The zero-order valence-electron chi connectivity index (χ0n) is 13.3. The lowest BCUT2D eigenvalue weighted by Crippen LogP contribution is -2.21. The summed E-state index contributed by atoms with van der Waals surface area (Å²) in [7, 11) is 0. The van der Waals surface area contributed by atoms with E-state index in [0.29, 0.717) is 24.3 Å². The fourth-order valence-corrected chi connectivity index (χ4v) is 2.60. The number of hydrogen-bond donors (Lipinski definition) is 1. The molecule has 126 valence electrons. The Morgan fingerprint density at radius 3 is 2.50 bits per heavy atom. The second kappa shape index (κ2) is 8.06. The Kier molecular flexibility index (Phi) is 5.59. The van der Waals surface area contributed by atoms with Crippen molar-refractivity contribution in [2.24, 2.45) is 0 Å². The SMILES string of the molecule is O=C(OC[C@H](O)c1ccccc1C1OCCCO1)c1ccccc1. The highest BCUT2D eigenvalue weighted by atomic mass is 16.7. The van der Waals surface area contributed by atoms with Crippen molar-refractivity contribution in [1.82, 2.24) is 0 Å². The molecule has 3 rings (SSSR count). The molecule has 5 heteroatoms. The van der Waals surface area contributed by atoms with Crippen molar-refractivity contribution in [2.45, 2.75) is 18.8 Å². The summed E-state index contributed by atoms with van der Waals surface area (Å²) in [6.45, 7) is 1.12. The van der Waals surface area contributed by atoms with Gasteiger partial charge >= 0.3 is 5.97 Å². The van der Waals surface area contributed by atoms with Gasteiger partial charge in [-0.2, -0.15) is 0 Å². The van der Waals surface area contributed by atoms with Crippen LogP contribution in [0.15, 0.2) is 54.6 Å². The first kappa shape index (κ1) is 16.6. The maximum atomic E-state index is 12.0. The van der Waals surface area contributed by atoms with Gasteiger partial charge in [0.1, 0.15) is 12.7 Å². The van der Waals surface area contributed by atoms with E-state index >= 15 is 0 Å². The molecule has 2 aromatic rings. The summed E-state index contributed by atoms with van der Waals surface area (Å²) in [5.74, 6) is -0.461. The zero-order chi connectivity index (χ0) is 16.8. The van der Waals surface area contributed by atoms with Crippen LogP contribution in [0.4, 0.5) is 0 Å². The third-order valence-electron chi connectivity index (χ3n) is 3.82. The first-order valence-electron chi connectivity index (χ1n) is 7.98. The molecule has 0 spiro atoms. The molecular weight excluding hydrogens is 308 g/mol. The van der Waals surface area contributed by atoms with E-state index in [1.807, 2.05) is 24.3 Å². The number of ether oxygens (including phenoxy) is 3. The van der Waals surface area contributed by atoms with Gasteiger partial charge < -0.3 is 19.3 Å². The summed E-state index contributed by atoms with van der Waals surface area (Å²) in [5.41, 5.74) is 1.86. The number of carbonyl (C=O) groups excluding carboxylic acids is 1. The van der Waals surface area contributed by atoms with Crippen molar-refractivity contribution < 1.29 is 24.1 Å². The number of esters is 1. The molecule has 0 saturated carbocycles. The molecule has 0 aliphatic carbocycles. The lowest BCUT2D eigenvalue weighted by Gasteiger charge is -2.26. The van der Waals surface area contributed by atoms with Crippen molar-refractivity contribution in [1.29, 1.82) is 0 Å². The molecule has 1 saturated heterocycles. The minimum atomic E-state index is -0.942. The molecule has 0 amide bonds. The number of carbonyl (C=O) groups is 1. The first-order chi connectivity index (χ1) is 11.8. The van der Waals surface area contributed by atoms with Crippen molar-refractivity contribution in [3.8, 4) is 0 Å². The lowest BCUT2D eigenvalue weighted by atomic mass is 10.0. The van der Waals surface area contributed by atoms with Crippen molar-refractivity contribution >= 4 is 5.97 Å². The number of hydrogen-bond acceptors (Lipinski definition) is 5. The smallest absolute Gasteiger partial charge is 0.338 e. The molecule has 0 aromatic heterocycles. The van der Waals surface area contributed by atoms with Crippen LogP contribution in [0.25, 0.3) is 0 Å².